The van der Waals surface area contributed by atoms with E-state index >= 15 is 0 Å². The molecular weight excluding hydrogens is 340 g/mol. The van der Waals surface area contributed by atoms with Gasteiger partial charge in [-0.15, -0.1) is 0 Å². The van der Waals surface area contributed by atoms with E-state index in [-0.39, 0.29) is 5.92 Å². The van der Waals surface area contributed by atoms with Crippen LogP contribution in [0.1, 0.15) is 31.7 Å². The van der Waals surface area contributed by atoms with Gasteiger partial charge in [0.05, 0.1) is 0 Å². The van der Waals surface area contributed by atoms with Crippen LogP contribution in [-0.2, 0) is 9.36 Å². The molecule has 0 spiro atoms. The molecule has 0 fully saturated rings. The van der Waals surface area contributed by atoms with E-state index in [0.29, 0.717) is 11.4 Å². The van der Waals surface area contributed by atoms with Gasteiger partial charge in [-0.1, -0.05) is 30.7 Å². The molecule has 0 aliphatic heterocycles. The molecule has 21 heavy (non-hydrogen) atoms. The van der Waals surface area contributed by atoms with Gasteiger partial charge in [0.2, 0.25) is 0 Å². The Kier molecular flexibility index (Phi) is 7.89. The van der Waals surface area contributed by atoms with Gasteiger partial charge < -0.3 is 20.6 Å². The molecule has 1 rings (SSSR count). The van der Waals surface area contributed by atoms with E-state index in [1.165, 1.54) is 6.92 Å². The molecule has 9 heteroatoms. The van der Waals surface area contributed by atoms with Crippen LogP contribution in [0.5, 0.6) is 0 Å². The minimum Gasteiger partial charge on any atom is -0.480 e. The van der Waals surface area contributed by atoms with Gasteiger partial charge in [0.25, 0.3) is 0 Å². The Hall–Kier alpha value is -0.620. The topological polar surface area (TPSA) is 121 Å². The molecule has 0 saturated heterocycles. The average molecular weight is 358 g/mol. The van der Waals surface area contributed by atoms with E-state index in [1.807, 2.05) is 19.1 Å². The lowest BCUT2D eigenvalue weighted by molar-refractivity contribution is -0.143. The van der Waals surface area contributed by atoms with Gasteiger partial charge in [0, 0.05) is 22.2 Å². The Morgan fingerprint density at radius 2 is 1.76 bits per heavy atom. The van der Waals surface area contributed by atoms with Crippen molar-refractivity contribution >= 4 is 35.8 Å². The fourth-order valence-electron chi connectivity index (χ4n) is 1.85. The summed E-state index contributed by atoms with van der Waals surface area (Å²) in [6.45, 7) is -0.703. The fourth-order valence-corrected chi connectivity index (χ4v) is 1.98. The second-order valence-electron chi connectivity index (χ2n) is 4.57. The summed E-state index contributed by atoms with van der Waals surface area (Å²) >= 11 is 9.99. The third kappa shape index (κ3) is 7.81. The lowest BCUT2D eigenvalue weighted by Crippen LogP contribution is -2.50. The van der Waals surface area contributed by atoms with Crippen LogP contribution in [0.25, 0.3) is 0 Å². The first kappa shape index (κ1) is 20.4. The van der Waals surface area contributed by atoms with Crippen molar-refractivity contribution in [3.8, 4) is 0 Å². The van der Waals surface area contributed by atoms with Crippen LogP contribution in [0.15, 0.2) is 24.3 Å². The zero-order chi connectivity index (χ0) is 16.8. The number of nitrogens with two attached hydrogens (primary N) is 1. The molecule has 0 amide bonds. The predicted molar refractivity (Wildman–Crippen MR) is 82.6 cm³/mol. The summed E-state index contributed by atoms with van der Waals surface area (Å²) in [6, 6.07) is 7.14. The van der Waals surface area contributed by atoms with E-state index in [2.05, 4.69) is 11.2 Å². The van der Waals surface area contributed by atoms with Gasteiger partial charge in [0.15, 0.2) is 0 Å². The molecule has 120 valence electrons. The smallest absolute Gasteiger partial charge is 0.419 e. The Bertz CT molecular complexity index is 507. The molecule has 5 N–H and O–H groups in total. The Morgan fingerprint density at radius 3 is 2.05 bits per heavy atom. The fraction of sp³-hybridized carbons (Fsp3) is 0.417. The van der Waals surface area contributed by atoms with Crippen LogP contribution in [-0.4, -0.2) is 26.4 Å². The van der Waals surface area contributed by atoms with Gasteiger partial charge in [-0.3, -0.25) is 4.79 Å². The normalized spacial score (nSPS) is 15.4. The zero-order valence-corrected chi connectivity index (χ0v) is 13.9. The van der Waals surface area contributed by atoms with E-state index in [0.717, 1.165) is 5.56 Å². The molecule has 1 aromatic rings. The number of rotatable bonds is 4. The molecule has 0 radical (unpaired) electrons. The number of benzene rings is 1. The molecule has 2 atom stereocenters. The Balaban J connectivity index is 0.000000690. The summed E-state index contributed by atoms with van der Waals surface area (Å²) in [7, 11) is 0. The highest BCUT2D eigenvalue weighted by Gasteiger charge is 2.37. The monoisotopic (exact) mass is 357 g/mol. The molecule has 0 aromatic heterocycles. The molecule has 0 heterocycles. The maximum atomic E-state index is 11.1. The van der Waals surface area contributed by atoms with Gasteiger partial charge >= 0.3 is 12.9 Å². The molecule has 0 saturated carbocycles. The SMILES string of the molecule is CCC(c1ccc(Cl)cc1)C(C)(N)C(=O)O.O=P(O)(O)Cl. The van der Waals surface area contributed by atoms with Crippen LogP contribution in [0, 0.1) is 0 Å². The standard InChI is InChI=1S/C12H16ClNO2.ClH2O3P/c1-3-10(12(2,14)11(15)16)8-4-6-9(13)7-5-8;1-5(2,3)4/h4-7,10H,3,14H2,1-2H3,(H,15,16);(H2,2,3,4). The van der Waals surface area contributed by atoms with Crippen molar-refractivity contribution in [2.75, 3.05) is 0 Å². The third-order valence-corrected chi connectivity index (χ3v) is 3.12. The van der Waals surface area contributed by atoms with Crippen molar-refractivity contribution < 1.29 is 24.3 Å². The van der Waals surface area contributed by atoms with E-state index in [1.54, 1.807) is 12.1 Å². The van der Waals surface area contributed by atoms with Crippen LogP contribution >= 0.6 is 29.8 Å². The lowest BCUT2D eigenvalue weighted by Gasteiger charge is -2.29. The second-order valence-corrected chi connectivity index (χ2v) is 7.28. The van der Waals surface area contributed by atoms with Crippen LogP contribution in [0.4, 0.5) is 0 Å². The van der Waals surface area contributed by atoms with Gasteiger partial charge in [0.1, 0.15) is 5.54 Å². The number of aliphatic carboxylic acids is 1. The number of hydrogen-bond acceptors (Lipinski definition) is 3. The predicted octanol–water partition coefficient (Wildman–Crippen LogP) is 2.95. The zero-order valence-electron chi connectivity index (χ0n) is 11.5. The summed E-state index contributed by atoms with van der Waals surface area (Å²) in [4.78, 5) is 25.9. The number of carboxylic acids is 1. The summed E-state index contributed by atoms with van der Waals surface area (Å²) < 4.78 is 9.09. The van der Waals surface area contributed by atoms with E-state index in [9.17, 15) is 4.79 Å². The van der Waals surface area contributed by atoms with Crippen molar-refractivity contribution in [3.05, 3.63) is 34.9 Å². The summed E-state index contributed by atoms with van der Waals surface area (Å²) in [5, 5.41) is 9.74. The maximum absolute atomic E-state index is 11.1. The van der Waals surface area contributed by atoms with Crippen molar-refractivity contribution in [2.24, 2.45) is 5.73 Å². The van der Waals surface area contributed by atoms with E-state index in [4.69, 9.17) is 36.8 Å². The first-order valence-electron chi connectivity index (χ1n) is 5.92. The largest absolute Gasteiger partial charge is 0.480 e. The Labute approximate surface area is 132 Å². The number of carboxylic acid groups (broad SMARTS) is 1. The highest BCUT2D eigenvalue weighted by Crippen LogP contribution is 2.39. The summed E-state index contributed by atoms with van der Waals surface area (Å²) in [5.41, 5.74) is 5.49. The molecule has 0 bridgehead atoms. The lowest BCUT2D eigenvalue weighted by atomic mass is 9.79. The number of hydrogen-bond donors (Lipinski definition) is 4. The average Bonchev–Trinajstić information content (AvgIpc) is 2.30. The minimum absolute atomic E-state index is 0.220. The number of carbonyl (C=O) groups is 1. The molecule has 6 nitrogen and oxygen atoms in total. The maximum Gasteiger partial charge on any atom is 0.419 e. The quantitative estimate of drug-likeness (QED) is 0.614. The summed E-state index contributed by atoms with van der Waals surface area (Å²) in [6.07, 6.45) is 0.668. The van der Waals surface area contributed by atoms with Crippen LogP contribution < -0.4 is 5.73 Å². The highest BCUT2D eigenvalue weighted by atomic mass is 35.7. The minimum atomic E-state index is -4.17. The van der Waals surface area contributed by atoms with Crippen molar-refractivity contribution in [1.82, 2.24) is 0 Å². The van der Waals surface area contributed by atoms with Crippen molar-refractivity contribution in [2.45, 2.75) is 31.7 Å². The second kappa shape index (κ2) is 8.13. The van der Waals surface area contributed by atoms with Gasteiger partial charge in [-0.25, -0.2) is 4.57 Å². The molecule has 2 unspecified atom stereocenters. The molecule has 0 aliphatic carbocycles. The van der Waals surface area contributed by atoms with Crippen molar-refractivity contribution in [1.29, 1.82) is 0 Å². The third-order valence-electron chi connectivity index (χ3n) is 2.87. The molecular formula is C12H18Cl2NO5P. The first-order valence-corrected chi connectivity index (χ1v) is 8.82. The van der Waals surface area contributed by atoms with Crippen LogP contribution in [0.3, 0.4) is 0 Å². The molecule has 1 aromatic carbocycles. The van der Waals surface area contributed by atoms with Gasteiger partial charge in [-0.2, -0.15) is 0 Å². The van der Waals surface area contributed by atoms with E-state index < -0.39 is 18.5 Å². The Morgan fingerprint density at radius 1 is 1.38 bits per heavy atom. The number of halogens is 2. The van der Waals surface area contributed by atoms with Crippen molar-refractivity contribution in [3.63, 3.8) is 0 Å². The highest BCUT2D eigenvalue weighted by molar-refractivity contribution is 7.79. The van der Waals surface area contributed by atoms with Gasteiger partial charge in [-0.05, 0) is 31.0 Å². The first-order chi connectivity index (χ1) is 9.39. The summed E-state index contributed by atoms with van der Waals surface area (Å²) in [5.74, 6) is -1.21. The molecule has 0 aliphatic rings. The van der Waals surface area contributed by atoms with Crippen LogP contribution in [0.2, 0.25) is 5.02 Å².